The van der Waals surface area contributed by atoms with Gasteiger partial charge in [0.15, 0.2) is 21.4 Å². The minimum Gasteiger partial charge on any atom is -0.507 e. The Bertz CT molecular complexity index is 1810. The summed E-state index contributed by atoms with van der Waals surface area (Å²) in [5.74, 6) is -3.28. The van der Waals surface area contributed by atoms with E-state index in [-0.39, 0.29) is 38.8 Å². The number of sulfone groups is 1. The van der Waals surface area contributed by atoms with Crippen LogP contribution in [0.1, 0.15) is 32.3 Å². The average Bonchev–Trinajstić information content (AvgIpc) is 2.96. The van der Waals surface area contributed by atoms with E-state index < -0.39 is 49.7 Å². The van der Waals surface area contributed by atoms with E-state index in [1.807, 2.05) is 6.07 Å². The van der Waals surface area contributed by atoms with Crippen molar-refractivity contribution in [3.05, 3.63) is 124 Å². The molecule has 3 N–H and O–H groups in total. The lowest BCUT2D eigenvalue weighted by atomic mass is 9.85. The second-order valence-electron chi connectivity index (χ2n) is 9.21. The van der Waals surface area contributed by atoms with Crippen LogP contribution >= 0.6 is 11.6 Å². The Morgan fingerprint density at radius 2 is 1.81 bits per heavy atom. The average molecular weight is 613 g/mol. The van der Waals surface area contributed by atoms with Crippen molar-refractivity contribution in [2.45, 2.75) is 15.7 Å². The topological polar surface area (TPSA) is 137 Å². The number of halogens is 3. The van der Waals surface area contributed by atoms with Gasteiger partial charge in [-0.2, -0.15) is 5.26 Å². The lowest BCUT2D eigenvalue weighted by Gasteiger charge is -2.37. The standard InChI is InChI=1S/C30H23ClF2N2O6S/c1-41-27-12-11-20(14-25(27)33)30(38,17-35-29(37)23-7-2-3-8-26(23)36)28(18-9-10-19(16-34)24(31)13-18)42(39,40)22-6-4-5-21(32)15-22/h2-15,28,36,38H,17H2,1H3,(H,35,37). The molecule has 12 heteroatoms. The number of rotatable bonds is 9. The summed E-state index contributed by atoms with van der Waals surface area (Å²) in [6.45, 7) is -0.831. The Morgan fingerprint density at radius 3 is 2.43 bits per heavy atom. The molecule has 0 radical (unpaired) electrons. The fourth-order valence-corrected chi connectivity index (χ4v) is 6.82. The van der Waals surface area contributed by atoms with Gasteiger partial charge in [0.05, 0.1) is 34.7 Å². The van der Waals surface area contributed by atoms with E-state index in [1.54, 1.807) is 0 Å². The normalized spacial score (nSPS) is 13.4. The predicted octanol–water partition coefficient (Wildman–Crippen LogP) is 5.04. The molecule has 0 saturated heterocycles. The van der Waals surface area contributed by atoms with E-state index in [0.29, 0.717) is 0 Å². The van der Waals surface area contributed by atoms with Gasteiger partial charge in [0.2, 0.25) is 0 Å². The third-order valence-electron chi connectivity index (χ3n) is 6.60. The van der Waals surface area contributed by atoms with E-state index in [2.05, 4.69) is 5.32 Å². The molecule has 1 amide bonds. The predicted molar refractivity (Wildman–Crippen MR) is 150 cm³/mol. The number of nitrogens with one attached hydrogen (secondary N) is 1. The van der Waals surface area contributed by atoms with Gasteiger partial charge >= 0.3 is 0 Å². The SMILES string of the molecule is COc1ccc(C(O)(CNC(=O)c2ccccc2O)C(c2ccc(C#N)c(Cl)c2)S(=O)(=O)c2cccc(F)c2)cc1F. The molecule has 0 saturated carbocycles. The minimum atomic E-state index is -4.75. The zero-order valence-electron chi connectivity index (χ0n) is 21.9. The number of aromatic hydroxyl groups is 1. The maximum absolute atomic E-state index is 15.0. The Hall–Kier alpha value is -4.50. The molecule has 4 aromatic carbocycles. The van der Waals surface area contributed by atoms with Crippen LogP contribution in [-0.2, 0) is 15.4 Å². The van der Waals surface area contributed by atoms with Crippen LogP contribution in [0.25, 0.3) is 0 Å². The number of amides is 1. The molecule has 8 nitrogen and oxygen atoms in total. The lowest BCUT2D eigenvalue weighted by Crippen LogP contribution is -2.47. The van der Waals surface area contributed by atoms with Gasteiger partial charge in [-0.25, -0.2) is 17.2 Å². The zero-order valence-corrected chi connectivity index (χ0v) is 23.5. The molecular formula is C30H23ClF2N2O6S. The summed E-state index contributed by atoms with van der Waals surface area (Å²) in [6.07, 6.45) is 0. The van der Waals surface area contributed by atoms with Crippen molar-refractivity contribution in [2.24, 2.45) is 0 Å². The van der Waals surface area contributed by atoms with Gasteiger partial charge in [-0.1, -0.05) is 41.9 Å². The van der Waals surface area contributed by atoms with Crippen LogP contribution < -0.4 is 10.1 Å². The third-order valence-corrected chi connectivity index (χ3v) is 9.11. The molecule has 0 aliphatic carbocycles. The molecule has 0 bridgehead atoms. The van der Waals surface area contributed by atoms with Crippen molar-refractivity contribution in [1.82, 2.24) is 5.32 Å². The van der Waals surface area contributed by atoms with E-state index >= 15 is 0 Å². The fraction of sp³-hybridized carbons (Fsp3) is 0.133. The summed E-state index contributed by atoms with van der Waals surface area (Å²) in [4.78, 5) is 12.5. The van der Waals surface area contributed by atoms with Crippen LogP contribution in [-0.4, -0.2) is 38.2 Å². The molecule has 0 heterocycles. The number of carbonyl (C=O) groups excluding carboxylic acids is 1. The van der Waals surface area contributed by atoms with Crippen molar-refractivity contribution >= 4 is 27.3 Å². The molecule has 0 aliphatic rings. The molecule has 4 aromatic rings. The van der Waals surface area contributed by atoms with Gasteiger partial charge in [-0.15, -0.1) is 0 Å². The maximum Gasteiger partial charge on any atom is 0.255 e. The smallest absolute Gasteiger partial charge is 0.255 e. The molecule has 0 fully saturated rings. The first kappa shape index (κ1) is 30.5. The van der Waals surface area contributed by atoms with Crippen LogP contribution in [0.15, 0.2) is 89.8 Å². The number of aliphatic hydroxyl groups is 1. The number of methoxy groups -OCH3 is 1. The number of carbonyl (C=O) groups is 1. The second kappa shape index (κ2) is 12.2. The Labute approximate surface area is 245 Å². The number of nitriles is 1. The van der Waals surface area contributed by atoms with Gasteiger partial charge in [0.25, 0.3) is 5.91 Å². The number of phenols is 1. The van der Waals surface area contributed by atoms with Crippen LogP contribution in [0.4, 0.5) is 8.78 Å². The first-order valence-corrected chi connectivity index (χ1v) is 14.2. The zero-order chi connectivity index (χ0) is 30.7. The highest BCUT2D eigenvalue weighted by molar-refractivity contribution is 7.91. The van der Waals surface area contributed by atoms with Crippen molar-refractivity contribution in [3.63, 3.8) is 0 Å². The number of ether oxygens (including phenoxy) is 1. The maximum atomic E-state index is 15.0. The van der Waals surface area contributed by atoms with Crippen molar-refractivity contribution in [3.8, 4) is 17.6 Å². The summed E-state index contributed by atoms with van der Waals surface area (Å²) >= 11 is 6.25. The van der Waals surface area contributed by atoms with Gasteiger partial charge in [0, 0.05) is 0 Å². The molecule has 0 aliphatic heterocycles. The molecule has 2 atom stereocenters. The van der Waals surface area contributed by atoms with Crippen LogP contribution in [0, 0.1) is 23.0 Å². The summed E-state index contributed by atoms with van der Waals surface area (Å²) in [5, 5.41) is 32.1. The monoisotopic (exact) mass is 612 g/mol. The Kier molecular flexibility index (Phi) is 8.82. The van der Waals surface area contributed by atoms with E-state index in [0.717, 1.165) is 42.5 Å². The van der Waals surface area contributed by atoms with Crippen LogP contribution in [0.2, 0.25) is 5.02 Å². The number of hydrogen-bond donors (Lipinski definition) is 3. The molecule has 216 valence electrons. The van der Waals surface area contributed by atoms with Gasteiger partial charge in [-0.05, 0) is 65.7 Å². The van der Waals surface area contributed by atoms with Gasteiger partial charge in [-0.3, -0.25) is 4.79 Å². The van der Waals surface area contributed by atoms with E-state index in [9.17, 15) is 37.5 Å². The van der Waals surface area contributed by atoms with Gasteiger partial charge in [0.1, 0.15) is 28.5 Å². The minimum absolute atomic E-state index is 0.00853. The number of hydrogen-bond acceptors (Lipinski definition) is 7. The molecule has 42 heavy (non-hydrogen) atoms. The number of para-hydroxylation sites is 1. The molecule has 0 spiro atoms. The summed E-state index contributed by atoms with van der Waals surface area (Å²) < 4.78 is 62.7. The number of nitrogens with zero attached hydrogens (tertiary/aromatic N) is 1. The van der Waals surface area contributed by atoms with Crippen molar-refractivity contribution < 1.29 is 36.9 Å². The largest absolute Gasteiger partial charge is 0.507 e. The highest BCUT2D eigenvalue weighted by Crippen LogP contribution is 2.45. The third kappa shape index (κ3) is 5.92. The molecule has 0 aromatic heterocycles. The molecular weight excluding hydrogens is 590 g/mol. The van der Waals surface area contributed by atoms with E-state index in [4.69, 9.17) is 16.3 Å². The summed E-state index contributed by atoms with van der Waals surface area (Å²) in [5.41, 5.74) is -3.24. The first-order valence-electron chi connectivity index (χ1n) is 12.2. The second-order valence-corrected chi connectivity index (χ2v) is 11.6. The van der Waals surface area contributed by atoms with Crippen molar-refractivity contribution in [2.75, 3.05) is 13.7 Å². The molecule has 4 rings (SSSR count). The quantitative estimate of drug-likeness (QED) is 0.241. The Balaban J connectivity index is 1.97. The van der Waals surface area contributed by atoms with Crippen LogP contribution in [0.3, 0.4) is 0 Å². The van der Waals surface area contributed by atoms with Crippen LogP contribution in [0.5, 0.6) is 11.5 Å². The highest BCUT2D eigenvalue weighted by atomic mass is 35.5. The van der Waals surface area contributed by atoms with Gasteiger partial charge < -0.3 is 20.3 Å². The summed E-state index contributed by atoms with van der Waals surface area (Å²) in [7, 11) is -3.54. The number of benzene rings is 4. The number of phenolic OH excluding ortho intramolecular Hbond substituents is 1. The van der Waals surface area contributed by atoms with Crippen molar-refractivity contribution in [1.29, 1.82) is 5.26 Å². The summed E-state index contributed by atoms with van der Waals surface area (Å²) in [6, 6.07) is 18.3. The Morgan fingerprint density at radius 1 is 1.07 bits per heavy atom. The first-order chi connectivity index (χ1) is 19.9. The highest BCUT2D eigenvalue weighted by Gasteiger charge is 2.49. The van der Waals surface area contributed by atoms with E-state index in [1.165, 1.54) is 49.6 Å². The fourth-order valence-electron chi connectivity index (χ4n) is 4.53. The lowest BCUT2D eigenvalue weighted by molar-refractivity contribution is 0.0295. The molecule has 2 unspecified atom stereocenters.